The maximum absolute atomic E-state index is 11.3. The van der Waals surface area contributed by atoms with Crippen molar-refractivity contribution in [3.05, 3.63) is 41.7 Å². The first-order valence-corrected chi connectivity index (χ1v) is 6.59. The Bertz CT molecular complexity index is 689. The summed E-state index contributed by atoms with van der Waals surface area (Å²) in [5, 5.41) is 16.1. The van der Waals surface area contributed by atoms with E-state index in [1.807, 2.05) is 19.9 Å². The third kappa shape index (κ3) is 3.10. The molecule has 1 amide bonds. The number of carboxylic acid groups (broad SMARTS) is 1. The Labute approximate surface area is 122 Å². The molecule has 0 aliphatic carbocycles. The second kappa shape index (κ2) is 5.78. The number of aromatic carboxylic acids is 1. The van der Waals surface area contributed by atoms with E-state index in [9.17, 15) is 14.7 Å². The van der Waals surface area contributed by atoms with Gasteiger partial charge in [-0.15, -0.1) is 0 Å². The van der Waals surface area contributed by atoms with Gasteiger partial charge in [0.05, 0.1) is 17.6 Å². The van der Waals surface area contributed by atoms with Crippen LogP contribution in [0.1, 0.15) is 42.7 Å². The molecule has 0 aliphatic rings. The van der Waals surface area contributed by atoms with Crippen molar-refractivity contribution in [1.29, 1.82) is 0 Å². The fourth-order valence-corrected chi connectivity index (χ4v) is 2.20. The molecule has 0 saturated carbocycles. The number of hydrogen-bond acceptors (Lipinski definition) is 3. The first kappa shape index (κ1) is 14.8. The third-order valence-electron chi connectivity index (χ3n) is 2.99. The highest BCUT2D eigenvalue weighted by atomic mass is 16.4. The minimum Gasteiger partial charge on any atom is -0.478 e. The number of carbonyl (C=O) groups excluding carboxylic acids is 1. The topological polar surface area (TPSA) is 84.2 Å². The zero-order chi connectivity index (χ0) is 15.6. The van der Waals surface area contributed by atoms with Gasteiger partial charge in [-0.2, -0.15) is 5.10 Å². The van der Waals surface area contributed by atoms with Crippen LogP contribution in [0.2, 0.25) is 0 Å². The smallest absolute Gasteiger partial charge is 0.339 e. The van der Waals surface area contributed by atoms with Gasteiger partial charge in [0.25, 0.3) is 0 Å². The van der Waals surface area contributed by atoms with Crippen LogP contribution in [0.25, 0.3) is 5.69 Å². The van der Waals surface area contributed by atoms with Gasteiger partial charge >= 0.3 is 5.97 Å². The largest absolute Gasteiger partial charge is 0.478 e. The number of rotatable bonds is 4. The van der Waals surface area contributed by atoms with Gasteiger partial charge in [0.15, 0.2) is 0 Å². The number of hydrogen-bond donors (Lipinski definition) is 2. The summed E-state index contributed by atoms with van der Waals surface area (Å²) >= 11 is 0. The molecule has 0 saturated heterocycles. The lowest BCUT2D eigenvalue weighted by Gasteiger charge is -2.12. The first-order valence-electron chi connectivity index (χ1n) is 6.59. The minimum absolute atomic E-state index is 0.00280. The molecule has 2 rings (SSSR count). The molecule has 6 heteroatoms. The van der Waals surface area contributed by atoms with Crippen LogP contribution < -0.4 is 5.32 Å². The molecule has 1 aromatic heterocycles. The number of nitrogens with zero attached hydrogens (tertiary/aromatic N) is 2. The summed E-state index contributed by atoms with van der Waals surface area (Å²) in [6, 6.07) is 7.12. The van der Waals surface area contributed by atoms with Crippen molar-refractivity contribution in [1.82, 2.24) is 9.78 Å². The predicted molar refractivity (Wildman–Crippen MR) is 78.9 cm³/mol. The lowest BCUT2D eigenvalue weighted by atomic mass is 10.1. The van der Waals surface area contributed by atoms with Gasteiger partial charge in [0.2, 0.25) is 5.91 Å². The van der Waals surface area contributed by atoms with Crippen LogP contribution in [0.5, 0.6) is 0 Å². The van der Waals surface area contributed by atoms with E-state index in [2.05, 4.69) is 10.4 Å². The number of benzene rings is 1. The molecule has 2 N–H and O–H groups in total. The SMILES string of the molecule is CC(=O)Nc1cccc(-n2ncc(C(=O)O)c2C(C)C)c1. The maximum atomic E-state index is 11.3. The van der Waals surface area contributed by atoms with Crippen molar-refractivity contribution in [2.45, 2.75) is 26.7 Å². The summed E-state index contributed by atoms with van der Waals surface area (Å²) in [5.41, 5.74) is 2.16. The molecule has 0 radical (unpaired) electrons. The Morgan fingerprint density at radius 1 is 1.33 bits per heavy atom. The maximum Gasteiger partial charge on any atom is 0.339 e. The fourth-order valence-electron chi connectivity index (χ4n) is 2.20. The number of carbonyl (C=O) groups is 2. The molecule has 0 fully saturated rings. The third-order valence-corrected chi connectivity index (χ3v) is 2.99. The quantitative estimate of drug-likeness (QED) is 0.905. The summed E-state index contributed by atoms with van der Waals surface area (Å²) < 4.78 is 1.60. The highest BCUT2D eigenvalue weighted by molar-refractivity contribution is 5.90. The molecule has 1 aromatic carbocycles. The highest BCUT2D eigenvalue weighted by Gasteiger charge is 2.20. The van der Waals surface area contributed by atoms with Crippen molar-refractivity contribution < 1.29 is 14.7 Å². The van der Waals surface area contributed by atoms with Crippen LogP contribution >= 0.6 is 0 Å². The van der Waals surface area contributed by atoms with Crippen molar-refractivity contribution in [2.75, 3.05) is 5.32 Å². The summed E-state index contributed by atoms with van der Waals surface area (Å²) in [5.74, 6) is -1.16. The molecule has 0 unspecified atom stereocenters. The monoisotopic (exact) mass is 287 g/mol. The fraction of sp³-hybridized carbons (Fsp3) is 0.267. The Balaban J connectivity index is 2.51. The van der Waals surface area contributed by atoms with Crippen molar-refractivity contribution in [3.63, 3.8) is 0 Å². The molecule has 0 bridgehead atoms. The molecule has 1 heterocycles. The van der Waals surface area contributed by atoms with Gasteiger partial charge in [-0.25, -0.2) is 9.48 Å². The standard InChI is InChI=1S/C15H17N3O3/c1-9(2)14-13(15(20)21)8-16-18(14)12-6-4-5-11(7-12)17-10(3)19/h4-9H,1-3H3,(H,17,19)(H,20,21). The van der Waals surface area contributed by atoms with E-state index in [1.54, 1.807) is 22.9 Å². The predicted octanol–water partition coefficient (Wildman–Crippen LogP) is 2.65. The van der Waals surface area contributed by atoms with E-state index in [1.165, 1.54) is 13.1 Å². The molecule has 6 nitrogen and oxygen atoms in total. The zero-order valence-electron chi connectivity index (χ0n) is 12.1. The van der Waals surface area contributed by atoms with Gasteiger partial charge in [-0.05, 0) is 24.1 Å². The van der Waals surface area contributed by atoms with Gasteiger partial charge < -0.3 is 10.4 Å². The number of amides is 1. The average molecular weight is 287 g/mol. The van der Waals surface area contributed by atoms with Crippen molar-refractivity contribution in [3.8, 4) is 5.69 Å². The molecule has 0 aliphatic heterocycles. The van der Waals surface area contributed by atoms with Crippen molar-refractivity contribution >= 4 is 17.6 Å². The number of anilines is 1. The van der Waals surface area contributed by atoms with E-state index in [0.29, 0.717) is 17.1 Å². The van der Waals surface area contributed by atoms with Gasteiger partial charge in [-0.3, -0.25) is 4.79 Å². The van der Waals surface area contributed by atoms with Crippen LogP contribution in [0.4, 0.5) is 5.69 Å². The van der Waals surface area contributed by atoms with Gasteiger partial charge in [0, 0.05) is 12.6 Å². The Hall–Kier alpha value is -2.63. The molecular formula is C15H17N3O3. The molecule has 0 atom stereocenters. The van der Waals surface area contributed by atoms with E-state index in [-0.39, 0.29) is 17.4 Å². The van der Waals surface area contributed by atoms with Crippen LogP contribution in [0.3, 0.4) is 0 Å². The normalized spacial score (nSPS) is 10.7. The first-order chi connectivity index (χ1) is 9.90. The lowest BCUT2D eigenvalue weighted by Crippen LogP contribution is -2.09. The van der Waals surface area contributed by atoms with E-state index in [0.717, 1.165) is 0 Å². The van der Waals surface area contributed by atoms with Crippen LogP contribution in [0, 0.1) is 0 Å². The molecule has 110 valence electrons. The Morgan fingerprint density at radius 2 is 2.05 bits per heavy atom. The second-order valence-electron chi connectivity index (χ2n) is 5.05. The Morgan fingerprint density at radius 3 is 2.62 bits per heavy atom. The summed E-state index contributed by atoms with van der Waals surface area (Å²) in [6.45, 7) is 5.26. The van der Waals surface area contributed by atoms with E-state index >= 15 is 0 Å². The molecular weight excluding hydrogens is 270 g/mol. The van der Waals surface area contributed by atoms with Crippen LogP contribution in [0.15, 0.2) is 30.5 Å². The minimum atomic E-state index is -0.997. The summed E-state index contributed by atoms with van der Waals surface area (Å²) in [7, 11) is 0. The molecule has 2 aromatic rings. The zero-order valence-corrected chi connectivity index (χ0v) is 12.1. The number of nitrogens with one attached hydrogen (secondary N) is 1. The van der Waals surface area contributed by atoms with Crippen LogP contribution in [-0.4, -0.2) is 26.8 Å². The van der Waals surface area contributed by atoms with Crippen molar-refractivity contribution in [2.24, 2.45) is 0 Å². The lowest BCUT2D eigenvalue weighted by molar-refractivity contribution is -0.114. The van der Waals surface area contributed by atoms with E-state index < -0.39 is 5.97 Å². The van der Waals surface area contributed by atoms with E-state index in [4.69, 9.17) is 0 Å². The summed E-state index contributed by atoms with van der Waals surface area (Å²) in [4.78, 5) is 22.4. The highest BCUT2D eigenvalue weighted by Crippen LogP contribution is 2.24. The summed E-state index contributed by atoms with van der Waals surface area (Å²) in [6.07, 6.45) is 1.35. The number of carboxylic acids is 1. The van der Waals surface area contributed by atoms with Gasteiger partial charge in [0.1, 0.15) is 5.56 Å². The Kier molecular flexibility index (Phi) is 4.07. The van der Waals surface area contributed by atoms with Gasteiger partial charge in [-0.1, -0.05) is 19.9 Å². The molecule has 0 spiro atoms. The molecule has 21 heavy (non-hydrogen) atoms. The average Bonchev–Trinajstić information content (AvgIpc) is 2.83. The number of aromatic nitrogens is 2. The second-order valence-corrected chi connectivity index (χ2v) is 5.05. The van der Waals surface area contributed by atoms with Crippen LogP contribution in [-0.2, 0) is 4.79 Å².